The number of aromatic nitrogens is 2. The minimum absolute atomic E-state index is 0.0445. The van der Waals surface area contributed by atoms with Gasteiger partial charge in [-0.05, 0) is 76.9 Å². The number of fused-ring (bicyclic) bond motifs is 1. The molecule has 0 bridgehead atoms. The zero-order valence-electron chi connectivity index (χ0n) is 18.7. The number of hydrogen-bond donors (Lipinski definition) is 3. The summed E-state index contributed by atoms with van der Waals surface area (Å²) in [5, 5.41) is 19.1. The second kappa shape index (κ2) is 8.42. The van der Waals surface area contributed by atoms with Gasteiger partial charge < -0.3 is 15.8 Å². The van der Waals surface area contributed by atoms with Gasteiger partial charge in [0, 0.05) is 38.2 Å². The van der Waals surface area contributed by atoms with E-state index in [9.17, 15) is 10.0 Å². The fourth-order valence-electron chi connectivity index (χ4n) is 4.64. The molecule has 1 aromatic heterocycles. The van der Waals surface area contributed by atoms with Crippen molar-refractivity contribution < 1.29 is 10.0 Å². The van der Waals surface area contributed by atoms with E-state index in [1.807, 2.05) is 70.2 Å². The highest BCUT2D eigenvalue weighted by atomic mass is 79.9. The molecule has 2 aromatic carbocycles. The Labute approximate surface area is 196 Å². The molecule has 32 heavy (non-hydrogen) atoms. The fourth-order valence-corrected chi connectivity index (χ4v) is 5.04. The summed E-state index contributed by atoms with van der Waals surface area (Å²) in [5.41, 5.74) is 1.40. The summed E-state index contributed by atoms with van der Waals surface area (Å²) in [5.74, 6) is 0.419. The third-order valence-electron chi connectivity index (χ3n) is 6.00. The molecule has 0 radical (unpaired) electrons. The molecule has 2 heterocycles. The Morgan fingerprint density at radius 3 is 2.47 bits per heavy atom. The van der Waals surface area contributed by atoms with E-state index in [4.69, 9.17) is 0 Å². The first-order valence-electron chi connectivity index (χ1n) is 10.6. The van der Waals surface area contributed by atoms with Crippen LogP contribution in [0, 0.1) is 5.92 Å². The molecule has 1 saturated heterocycles. The number of hydroxylamine groups is 2. The molecule has 3 aromatic rings. The smallest absolute Gasteiger partial charge is 0.227 e. The molecule has 1 aliphatic heterocycles. The number of amides is 1. The molecule has 0 aliphatic carbocycles. The predicted octanol–water partition coefficient (Wildman–Crippen LogP) is 5.73. The molecule has 0 atom stereocenters. The van der Waals surface area contributed by atoms with Gasteiger partial charge in [-0.1, -0.05) is 22.0 Å². The number of nitrogens with zero attached hydrogens (tertiary/aromatic N) is 3. The van der Waals surface area contributed by atoms with E-state index in [2.05, 4.69) is 36.5 Å². The maximum Gasteiger partial charge on any atom is 0.227 e. The highest BCUT2D eigenvalue weighted by Gasteiger charge is 2.47. The fraction of sp³-hybridized carbons (Fsp3) is 0.375. The molecule has 0 saturated carbocycles. The van der Waals surface area contributed by atoms with Crippen LogP contribution in [0.1, 0.15) is 40.5 Å². The maximum absolute atomic E-state index is 13.1. The first-order chi connectivity index (χ1) is 15.0. The molecule has 1 aliphatic rings. The van der Waals surface area contributed by atoms with Crippen molar-refractivity contribution in [1.82, 2.24) is 15.0 Å². The number of carbonyl (C=O) groups excluding carboxylic acids is 1. The van der Waals surface area contributed by atoms with E-state index in [1.54, 1.807) is 0 Å². The summed E-state index contributed by atoms with van der Waals surface area (Å²) in [6, 6.07) is 13.5. The van der Waals surface area contributed by atoms with Gasteiger partial charge in [-0.2, -0.15) is 5.06 Å². The van der Waals surface area contributed by atoms with Gasteiger partial charge in [-0.15, -0.1) is 0 Å². The Kier molecular flexibility index (Phi) is 5.96. The molecule has 8 heteroatoms. The maximum atomic E-state index is 13.1. The lowest BCUT2D eigenvalue weighted by Gasteiger charge is -2.51. The van der Waals surface area contributed by atoms with E-state index in [0.717, 1.165) is 21.1 Å². The monoisotopic (exact) mass is 497 g/mol. The Bertz CT molecular complexity index is 1150. The number of piperidine rings is 1. The lowest BCUT2D eigenvalue weighted by molar-refractivity contribution is -0.249. The number of anilines is 3. The molecule has 0 unspecified atom stereocenters. The van der Waals surface area contributed by atoms with E-state index in [0.29, 0.717) is 24.3 Å². The number of halogens is 1. The third kappa shape index (κ3) is 4.62. The third-order valence-corrected chi connectivity index (χ3v) is 6.49. The van der Waals surface area contributed by atoms with E-state index >= 15 is 0 Å². The van der Waals surface area contributed by atoms with Gasteiger partial charge >= 0.3 is 0 Å². The predicted molar refractivity (Wildman–Crippen MR) is 130 cm³/mol. The van der Waals surface area contributed by atoms with Gasteiger partial charge in [0.2, 0.25) is 5.91 Å². The zero-order valence-corrected chi connectivity index (χ0v) is 20.3. The van der Waals surface area contributed by atoms with E-state index in [1.165, 1.54) is 11.4 Å². The summed E-state index contributed by atoms with van der Waals surface area (Å²) in [6.45, 7) is 7.84. The Morgan fingerprint density at radius 2 is 1.78 bits per heavy atom. The summed E-state index contributed by atoms with van der Waals surface area (Å²) in [7, 11) is 0. The van der Waals surface area contributed by atoms with Crippen LogP contribution in [0.15, 0.2) is 53.3 Å². The van der Waals surface area contributed by atoms with Crippen LogP contribution in [-0.4, -0.2) is 37.2 Å². The van der Waals surface area contributed by atoms with Crippen molar-refractivity contribution in [3.63, 3.8) is 0 Å². The lowest BCUT2D eigenvalue weighted by Crippen LogP contribution is -2.60. The van der Waals surface area contributed by atoms with Crippen LogP contribution in [0.5, 0.6) is 0 Å². The minimum Gasteiger partial charge on any atom is -0.340 e. The highest BCUT2D eigenvalue weighted by Crippen LogP contribution is 2.40. The van der Waals surface area contributed by atoms with Crippen molar-refractivity contribution >= 4 is 49.9 Å². The molecular formula is C24H28BrN5O2. The van der Waals surface area contributed by atoms with Crippen molar-refractivity contribution in [1.29, 1.82) is 0 Å². The Morgan fingerprint density at radius 1 is 1.06 bits per heavy atom. The van der Waals surface area contributed by atoms with Gasteiger partial charge in [0.15, 0.2) is 0 Å². The average molecular weight is 498 g/mol. The SMILES string of the molecule is CC1(C)CC(C(=O)Nc2ccc3ncnc(Nc4cccc(Br)c4)c3c2)CC(C)(C)N1O. The van der Waals surface area contributed by atoms with Gasteiger partial charge in [0.25, 0.3) is 0 Å². The van der Waals surface area contributed by atoms with Crippen LogP contribution >= 0.6 is 15.9 Å². The summed E-state index contributed by atoms with van der Waals surface area (Å²) >= 11 is 3.48. The van der Waals surface area contributed by atoms with E-state index < -0.39 is 11.1 Å². The molecule has 1 fully saturated rings. The van der Waals surface area contributed by atoms with E-state index in [-0.39, 0.29) is 11.8 Å². The zero-order chi connectivity index (χ0) is 23.1. The average Bonchev–Trinajstić information content (AvgIpc) is 2.72. The summed E-state index contributed by atoms with van der Waals surface area (Å²) in [6.07, 6.45) is 2.67. The standard InChI is InChI=1S/C24H28BrN5O2/c1-23(2)12-15(13-24(3,4)30(23)32)22(31)29-18-8-9-20-19(11-18)21(27-14-26-20)28-17-7-5-6-16(25)10-17/h5-11,14-15,32H,12-13H2,1-4H3,(H,29,31)(H,26,27,28). The van der Waals surface area contributed by atoms with Crippen LogP contribution in [0.2, 0.25) is 0 Å². The molecule has 7 nitrogen and oxygen atoms in total. The van der Waals surface area contributed by atoms with Crippen LogP contribution in [0.25, 0.3) is 10.9 Å². The highest BCUT2D eigenvalue weighted by molar-refractivity contribution is 9.10. The number of hydrogen-bond acceptors (Lipinski definition) is 6. The molecule has 3 N–H and O–H groups in total. The summed E-state index contributed by atoms with van der Waals surface area (Å²) < 4.78 is 0.966. The number of rotatable bonds is 4. The molecule has 1 amide bonds. The lowest BCUT2D eigenvalue weighted by atomic mass is 9.75. The van der Waals surface area contributed by atoms with Crippen molar-refractivity contribution in [3.05, 3.63) is 53.3 Å². The molecule has 168 valence electrons. The second-order valence-electron chi connectivity index (χ2n) is 9.62. The second-order valence-corrected chi connectivity index (χ2v) is 10.5. The van der Waals surface area contributed by atoms with Gasteiger partial charge in [0.05, 0.1) is 5.52 Å². The number of benzene rings is 2. The minimum atomic E-state index is -0.484. The van der Waals surface area contributed by atoms with Crippen molar-refractivity contribution in [3.8, 4) is 0 Å². The van der Waals surface area contributed by atoms with Gasteiger partial charge in [0.1, 0.15) is 12.1 Å². The first-order valence-corrected chi connectivity index (χ1v) is 11.4. The molecule has 0 spiro atoms. The van der Waals surface area contributed by atoms with Gasteiger partial charge in [-0.25, -0.2) is 9.97 Å². The van der Waals surface area contributed by atoms with Crippen molar-refractivity contribution in [2.75, 3.05) is 10.6 Å². The van der Waals surface area contributed by atoms with Crippen LogP contribution in [0.4, 0.5) is 17.2 Å². The largest absolute Gasteiger partial charge is 0.340 e. The summed E-state index contributed by atoms with van der Waals surface area (Å²) in [4.78, 5) is 21.9. The number of nitrogens with one attached hydrogen (secondary N) is 2. The first kappa shape index (κ1) is 22.6. The van der Waals surface area contributed by atoms with Crippen molar-refractivity contribution in [2.24, 2.45) is 5.92 Å². The molecule has 4 rings (SSSR count). The van der Waals surface area contributed by atoms with Gasteiger partial charge in [-0.3, -0.25) is 4.79 Å². The van der Waals surface area contributed by atoms with Crippen LogP contribution in [0.3, 0.4) is 0 Å². The van der Waals surface area contributed by atoms with Crippen molar-refractivity contribution in [2.45, 2.75) is 51.6 Å². The normalized spacial score (nSPS) is 18.4. The quantitative estimate of drug-likeness (QED) is 0.426. The van der Waals surface area contributed by atoms with Crippen LogP contribution in [-0.2, 0) is 4.79 Å². The van der Waals surface area contributed by atoms with Crippen LogP contribution < -0.4 is 10.6 Å². The number of carbonyl (C=O) groups is 1. The molecular weight excluding hydrogens is 470 g/mol. The Balaban J connectivity index is 1.58. The topological polar surface area (TPSA) is 90.4 Å². The Hall–Kier alpha value is -2.55.